The number of pyridine rings is 2. The quantitative estimate of drug-likeness (QED) is 0.596. The number of hydroxylamine groups is 1. The molecule has 0 aliphatic heterocycles. The molecule has 0 fully saturated rings. The number of anilines is 1. The van der Waals surface area contributed by atoms with Crippen molar-refractivity contribution >= 4 is 23.2 Å². The summed E-state index contributed by atoms with van der Waals surface area (Å²) < 4.78 is 0. The molecule has 0 aliphatic rings. The van der Waals surface area contributed by atoms with E-state index in [-0.39, 0.29) is 6.61 Å². The van der Waals surface area contributed by atoms with E-state index in [2.05, 4.69) is 20.8 Å². The maximum atomic E-state index is 12.5. The Morgan fingerprint density at radius 3 is 2.68 bits per heavy atom. The Morgan fingerprint density at radius 1 is 1.14 bits per heavy atom. The van der Waals surface area contributed by atoms with E-state index in [0.717, 1.165) is 5.56 Å². The molecule has 3 rings (SSSR count). The summed E-state index contributed by atoms with van der Waals surface area (Å²) in [5.74, 6) is -0.435. The van der Waals surface area contributed by atoms with Crippen molar-refractivity contribution in [1.29, 1.82) is 5.26 Å². The Morgan fingerprint density at radius 2 is 1.93 bits per heavy atom. The molecule has 0 saturated carbocycles. The van der Waals surface area contributed by atoms with Gasteiger partial charge in [-0.1, -0.05) is 17.7 Å². The van der Waals surface area contributed by atoms with Gasteiger partial charge in [0.05, 0.1) is 22.9 Å². The summed E-state index contributed by atoms with van der Waals surface area (Å²) in [5, 5.41) is 12.5. The minimum atomic E-state index is -0.435. The number of hydrogen-bond donors (Lipinski definition) is 2. The first kappa shape index (κ1) is 19.3. The van der Waals surface area contributed by atoms with Crippen molar-refractivity contribution in [2.24, 2.45) is 0 Å². The third-order valence-electron chi connectivity index (χ3n) is 3.87. The third kappa shape index (κ3) is 5.04. The van der Waals surface area contributed by atoms with Gasteiger partial charge in [0.1, 0.15) is 6.61 Å². The minimum Gasteiger partial charge on any atom is -0.380 e. The normalized spacial score (nSPS) is 10.1. The fourth-order valence-electron chi connectivity index (χ4n) is 2.40. The highest BCUT2D eigenvalue weighted by Crippen LogP contribution is 2.19. The van der Waals surface area contributed by atoms with Crippen molar-refractivity contribution in [3.8, 4) is 6.07 Å². The summed E-state index contributed by atoms with van der Waals surface area (Å²) in [6.07, 6.45) is 6.48. The smallest absolute Gasteiger partial charge is 0.278 e. The number of nitriles is 1. The molecule has 7 nitrogen and oxygen atoms in total. The fourth-order valence-corrected chi connectivity index (χ4v) is 2.63. The number of carbonyl (C=O) groups excluding carboxylic acids is 1. The van der Waals surface area contributed by atoms with Crippen molar-refractivity contribution in [2.75, 3.05) is 5.32 Å². The number of aromatic nitrogens is 2. The molecule has 0 bridgehead atoms. The Kier molecular flexibility index (Phi) is 6.52. The molecule has 28 heavy (non-hydrogen) atoms. The summed E-state index contributed by atoms with van der Waals surface area (Å²) >= 11 is 6.10. The predicted octanol–water partition coefficient (Wildman–Crippen LogP) is 3.48. The number of carbonyl (C=O) groups is 1. The first-order valence-electron chi connectivity index (χ1n) is 8.35. The van der Waals surface area contributed by atoms with Gasteiger partial charge in [0.15, 0.2) is 0 Å². The molecule has 140 valence electrons. The van der Waals surface area contributed by atoms with Crippen molar-refractivity contribution in [1.82, 2.24) is 15.4 Å². The van der Waals surface area contributed by atoms with Gasteiger partial charge >= 0.3 is 0 Å². The first-order chi connectivity index (χ1) is 13.7. The maximum Gasteiger partial charge on any atom is 0.278 e. The van der Waals surface area contributed by atoms with Crippen LogP contribution >= 0.6 is 11.6 Å². The Hall–Kier alpha value is -3.47. The van der Waals surface area contributed by atoms with Crippen LogP contribution in [-0.2, 0) is 18.0 Å². The van der Waals surface area contributed by atoms with Gasteiger partial charge < -0.3 is 5.32 Å². The van der Waals surface area contributed by atoms with Crippen molar-refractivity contribution < 1.29 is 9.63 Å². The number of halogens is 1. The third-order valence-corrected chi connectivity index (χ3v) is 4.22. The molecule has 3 aromatic rings. The zero-order valence-electron chi connectivity index (χ0n) is 14.7. The summed E-state index contributed by atoms with van der Waals surface area (Å²) in [7, 11) is 0. The van der Waals surface area contributed by atoms with Gasteiger partial charge in [-0.25, -0.2) is 5.48 Å². The van der Waals surface area contributed by atoms with Crippen LogP contribution in [0.3, 0.4) is 0 Å². The number of rotatable bonds is 7. The molecule has 0 atom stereocenters. The van der Waals surface area contributed by atoms with Crippen molar-refractivity contribution in [3.63, 3.8) is 0 Å². The summed E-state index contributed by atoms with van der Waals surface area (Å²) in [6.45, 7) is 0.602. The van der Waals surface area contributed by atoms with E-state index in [1.165, 1.54) is 6.20 Å². The van der Waals surface area contributed by atoms with Crippen LogP contribution in [0.25, 0.3) is 0 Å². The number of nitrogens with zero attached hydrogens (tertiary/aromatic N) is 3. The SMILES string of the molecule is N#Cc1ccc(CONC(=O)c2cnccc2NCc2ccncc2)c(Cl)c1. The highest BCUT2D eigenvalue weighted by atomic mass is 35.5. The van der Waals surface area contributed by atoms with Gasteiger partial charge in [0, 0.05) is 36.4 Å². The second-order valence-electron chi connectivity index (χ2n) is 5.77. The number of nitrogens with one attached hydrogen (secondary N) is 2. The Balaban J connectivity index is 1.59. The molecule has 0 spiro atoms. The van der Waals surface area contributed by atoms with Gasteiger partial charge in [-0.3, -0.25) is 19.6 Å². The lowest BCUT2D eigenvalue weighted by atomic mass is 10.1. The average Bonchev–Trinajstić information content (AvgIpc) is 2.74. The van der Waals surface area contributed by atoms with Crippen LogP contribution in [-0.4, -0.2) is 15.9 Å². The highest BCUT2D eigenvalue weighted by molar-refractivity contribution is 6.31. The summed E-state index contributed by atoms with van der Waals surface area (Å²) in [4.78, 5) is 25.7. The van der Waals surface area contributed by atoms with E-state index in [1.54, 1.807) is 42.9 Å². The fraction of sp³-hybridized carbons (Fsp3) is 0.100. The zero-order valence-corrected chi connectivity index (χ0v) is 15.5. The highest BCUT2D eigenvalue weighted by Gasteiger charge is 2.12. The molecule has 0 unspecified atom stereocenters. The number of benzene rings is 1. The molecule has 2 aromatic heterocycles. The van der Waals surface area contributed by atoms with Crippen LogP contribution in [0.2, 0.25) is 5.02 Å². The molecule has 8 heteroatoms. The largest absolute Gasteiger partial charge is 0.380 e. The van der Waals surface area contributed by atoms with Gasteiger partial charge in [-0.05, 0) is 41.5 Å². The van der Waals surface area contributed by atoms with E-state index < -0.39 is 5.91 Å². The molecule has 1 amide bonds. The zero-order chi connectivity index (χ0) is 19.8. The molecule has 2 N–H and O–H groups in total. The van der Waals surface area contributed by atoms with E-state index in [1.807, 2.05) is 18.2 Å². The van der Waals surface area contributed by atoms with Crippen LogP contribution < -0.4 is 10.8 Å². The molecular weight excluding hydrogens is 378 g/mol. The van der Waals surface area contributed by atoms with Crippen molar-refractivity contribution in [3.05, 3.63) is 88.5 Å². The predicted molar refractivity (Wildman–Crippen MR) is 104 cm³/mol. The van der Waals surface area contributed by atoms with Gasteiger partial charge in [0.2, 0.25) is 0 Å². The lowest BCUT2D eigenvalue weighted by Gasteiger charge is -2.12. The monoisotopic (exact) mass is 393 g/mol. The second kappa shape index (κ2) is 9.46. The van der Waals surface area contributed by atoms with Crippen LogP contribution in [0.15, 0.2) is 61.2 Å². The minimum absolute atomic E-state index is 0.0658. The Labute approximate surface area is 166 Å². The number of hydrogen-bond acceptors (Lipinski definition) is 6. The molecule has 1 aromatic carbocycles. The summed E-state index contributed by atoms with van der Waals surface area (Å²) in [6, 6.07) is 12.4. The van der Waals surface area contributed by atoms with Gasteiger partial charge in [-0.2, -0.15) is 5.26 Å². The standard InChI is InChI=1S/C20H16ClN5O2/c21-18-9-15(10-22)1-2-16(18)13-28-26-20(27)17-12-24-8-5-19(17)25-11-14-3-6-23-7-4-14/h1-9,12H,11,13H2,(H,24,25)(H,26,27). The molecular formula is C20H16ClN5O2. The maximum absolute atomic E-state index is 12.5. The second-order valence-corrected chi connectivity index (χ2v) is 6.18. The van der Waals surface area contributed by atoms with Gasteiger partial charge in [0.25, 0.3) is 5.91 Å². The molecule has 0 radical (unpaired) electrons. The molecule has 0 saturated heterocycles. The lowest BCUT2D eigenvalue weighted by molar-refractivity contribution is 0.0234. The van der Waals surface area contributed by atoms with Crippen LogP contribution in [0.4, 0.5) is 5.69 Å². The number of amides is 1. The summed E-state index contributed by atoms with van der Waals surface area (Å²) in [5.41, 5.74) is 5.51. The van der Waals surface area contributed by atoms with Crippen LogP contribution in [0.5, 0.6) is 0 Å². The lowest BCUT2D eigenvalue weighted by Crippen LogP contribution is -2.25. The molecule has 2 heterocycles. The molecule has 0 aliphatic carbocycles. The first-order valence-corrected chi connectivity index (χ1v) is 8.72. The van der Waals surface area contributed by atoms with Gasteiger partial charge in [-0.15, -0.1) is 0 Å². The topological polar surface area (TPSA) is 99.9 Å². The average molecular weight is 394 g/mol. The van der Waals surface area contributed by atoms with Crippen LogP contribution in [0, 0.1) is 11.3 Å². The van der Waals surface area contributed by atoms with E-state index >= 15 is 0 Å². The van der Waals surface area contributed by atoms with E-state index in [9.17, 15) is 4.79 Å². The van der Waals surface area contributed by atoms with E-state index in [4.69, 9.17) is 21.7 Å². The van der Waals surface area contributed by atoms with Crippen molar-refractivity contribution in [2.45, 2.75) is 13.2 Å². The van der Waals surface area contributed by atoms with Crippen LogP contribution in [0.1, 0.15) is 27.0 Å². The van der Waals surface area contributed by atoms with E-state index in [0.29, 0.717) is 33.9 Å². The Bertz CT molecular complexity index is 1000.